The van der Waals surface area contributed by atoms with Crippen LogP contribution in [0.4, 0.5) is 0 Å². The Balaban J connectivity index is 1.47. The SMILES string of the molecule is N#CC12CC(n3nc4n(c3=O)C(C3CCCCC3)CC4)(C1)C2. The molecule has 5 heteroatoms. The first-order chi connectivity index (χ1) is 10.7. The smallest absolute Gasteiger partial charge is 0.275 e. The highest BCUT2D eigenvalue weighted by Gasteiger charge is 2.71. The first kappa shape index (κ1) is 12.9. The lowest BCUT2D eigenvalue weighted by Crippen LogP contribution is -2.69. The van der Waals surface area contributed by atoms with Crippen LogP contribution in [0.15, 0.2) is 4.79 Å². The molecule has 0 spiro atoms. The van der Waals surface area contributed by atoms with E-state index >= 15 is 0 Å². The third kappa shape index (κ3) is 1.44. The van der Waals surface area contributed by atoms with Gasteiger partial charge in [0.1, 0.15) is 5.82 Å². The lowest BCUT2D eigenvalue weighted by atomic mass is 9.40. The molecule has 0 saturated heterocycles. The van der Waals surface area contributed by atoms with Crippen molar-refractivity contribution >= 4 is 0 Å². The maximum absolute atomic E-state index is 13.0. The van der Waals surface area contributed by atoms with Gasteiger partial charge in [-0.2, -0.15) is 10.4 Å². The number of rotatable bonds is 2. The molecule has 116 valence electrons. The van der Waals surface area contributed by atoms with Crippen LogP contribution in [-0.4, -0.2) is 14.3 Å². The number of hydrogen-bond donors (Lipinski definition) is 0. The van der Waals surface area contributed by atoms with E-state index in [1.54, 1.807) is 4.68 Å². The Labute approximate surface area is 129 Å². The molecule has 2 bridgehead atoms. The summed E-state index contributed by atoms with van der Waals surface area (Å²) in [6, 6.07) is 2.80. The minimum atomic E-state index is -0.129. The summed E-state index contributed by atoms with van der Waals surface area (Å²) in [5.74, 6) is 1.67. The van der Waals surface area contributed by atoms with Crippen molar-refractivity contribution in [1.82, 2.24) is 14.3 Å². The second kappa shape index (κ2) is 4.04. The minimum Gasteiger partial charge on any atom is -0.275 e. The summed E-state index contributed by atoms with van der Waals surface area (Å²) in [6.45, 7) is 0. The predicted molar refractivity (Wildman–Crippen MR) is 80.3 cm³/mol. The fraction of sp³-hybridized carbons (Fsp3) is 0.824. The lowest BCUT2D eigenvalue weighted by molar-refractivity contribution is -0.155. The van der Waals surface area contributed by atoms with Gasteiger partial charge in [-0.15, -0.1) is 0 Å². The Hall–Kier alpha value is -1.57. The van der Waals surface area contributed by atoms with Crippen LogP contribution in [0, 0.1) is 22.7 Å². The third-order valence-electron chi connectivity index (χ3n) is 6.76. The average Bonchev–Trinajstić information content (AvgIpc) is 3.00. The molecule has 1 aliphatic heterocycles. The van der Waals surface area contributed by atoms with Crippen LogP contribution in [0.1, 0.15) is 69.7 Å². The molecule has 4 saturated carbocycles. The number of aryl methyl sites for hydroxylation is 1. The highest BCUT2D eigenvalue weighted by molar-refractivity contribution is 5.28. The molecule has 1 atom stereocenters. The van der Waals surface area contributed by atoms with Gasteiger partial charge >= 0.3 is 5.69 Å². The molecule has 2 heterocycles. The Morgan fingerprint density at radius 1 is 1.14 bits per heavy atom. The van der Waals surface area contributed by atoms with Gasteiger partial charge in [0, 0.05) is 12.5 Å². The van der Waals surface area contributed by atoms with Gasteiger partial charge in [-0.25, -0.2) is 9.48 Å². The van der Waals surface area contributed by atoms with Crippen molar-refractivity contribution in [3.05, 3.63) is 16.3 Å². The molecule has 4 aliphatic carbocycles. The van der Waals surface area contributed by atoms with E-state index in [9.17, 15) is 10.1 Å². The molecule has 1 unspecified atom stereocenters. The molecule has 4 fully saturated rings. The molecular formula is C17H22N4O. The van der Waals surface area contributed by atoms with Crippen LogP contribution in [0.2, 0.25) is 0 Å². The predicted octanol–water partition coefficient (Wildman–Crippen LogP) is 2.52. The van der Waals surface area contributed by atoms with Gasteiger partial charge in [0.2, 0.25) is 0 Å². The summed E-state index contributed by atoms with van der Waals surface area (Å²) in [7, 11) is 0. The Morgan fingerprint density at radius 3 is 2.55 bits per heavy atom. The standard InChI is InChI=1S/C17H22N4O/c18-11-16-8-17(9-16,10-16)21-15(22)20-13(6-7-14(20)19-21)12-4-2-1-3-5-12/h12-13H,1-10H2. The lowest BCUT2D eigenvalue weighted by Gasteiger charge is -2.65. The number of fused-ring (bicyclic) bond motifs is 1. The molecule has 5 nitrogen and oxygen atoms in total. The fourth-order valence-electron chi connectivity index (χ4n) is 5.68. The Morgan fingerprint density at radius 2 is 1.86 bits per heavy atom. The van der Waals surface area contributed by atoms with Crippen molar-refractivity contribution in [2.75, 3.05) is 0 Å². The van der Waals surface area contributed by atoms with E-state index in [0.29, 0.717) is 12.0 Å². The molecule has 6 rings (SSSR count). The van der Waals surface area contributed by atoms with Gasteiger partial charge < -0.3 is 0 Å². The van der Waals surface area contributed by atoms with E-state index in [1.807, 2.05) is 4.57 Å². The second-order valence-corrected chi connectivity index (χ2v) is 8.13. The summed E-state index contributed by atoms with van der Waals surface area (Å²) < 4.78 is 3.78. The van der Waals surface area contributed by atoms with Gasteiger partial charge in [-0.3, -0.25) is 4.57 Å². The van der Waals surface area contributed by atoms with Crippen LogP contribution in [0.5, 0.6) is 0 Å². The summed E-state index contributed by atoms with van der Waals surface area (Å²) in [5.41, 5.74) is -0.133. The second-order valence-electron chi connectivity index (χ2n) is 8.13. The fourth-order valence-corrected chi connectivity index (χ4v) is 5.68. The van der Waals surface area contributed by atoms with E-state index in [2.05, 4.69) is 6.07 Å². The van der Waals surface area contributed by atoms with Crippen molar-refractivity contribution in [3.63, 3.8) is 0 Å². The van der Waals surface area contributed by atoms with Crippen LogP contribution < -0.4 is 5.69 Å². The largest absolute Gasteiger partial charge is 0.346 e. The zero-order valence-electron chi connectivity index (χ0n) is 12.9. The molecule has 0 N–H and O–H groups in total. The first-order valence-electron chi connectivity index (χ1n) is 8.79. The van der Waals surface area contributed by atoms with E-state index in [-0.39, 0.29) is 16.6 Å². The monoisotopic (exact) mass is 298 g/mol. The van der Waals surface area contributed by atoms with Crippen LogP contribution in [-0.2, 0) is 12.0 Å². The maximum Gasteiger partial charge on any atom is 0.346 e. The molecular weight excluding hydrogens is 276 g/mol. The van der Waals surface area contributed by atoms with Gasteiger partial charge in [0.25, 0.3) is 0 Å². The van der Waals surface area contributed by atoms with Crippen molar-refractivity contribution in [3.8, 4) is 6.07 Å². The normalized spacial score (nSPS) is 39.7. The van der Waals surface area contributed by atoms with Crippen molar-refractivity contribution in [2.45, 2.75) is 75.8 Å². The Bertz CT molecular complexity index is 711. The molecule has 0 radical (unpaired) electrons. The summed E-state index contributed by atoms with van der Waals surface area (Å²) in [6.07, 6.45) is 11.1. The highest BCUT2D eigenvalue weighted by atomic mass is 16.2. The minimum absolute atomic E-state index is 0.106. The number of nitriles is 1. The van der Waals surface area contributed by atoms with Gasteiger partial charge in [0.15, 0.2) is 0 Å². The van der Waals surface area contributed by atoms with Gasteiger partial charge in [0.05, 0.1) is 17.0 Å². The van der Waals surface area contributed by atoms with E-state index in [0.717, 1.165) is 37.9 Å². The van der Waals surface area contributed by atoms with Crippen molar-refractivity contribution < 1.29 is 0 Å². The topological polar surface area (TPSA) is 63.6 Å². The van der Waals surface area contributed by atoms with E-state index in [4.69, 9.17) is 5.10 Å². The van der Waals surface area contributed by atoms with Crippen molar-refractivity contribution in [1.29, 1.82) is 5.26 Å². The molecule has 22 heavy (non-hydrogen) atoms. The molecule has 1 aromatic heterocycles. The molecule has 0 amide bonds. The van der Waals surface area contributed by atoms with Crippen LogP contribution in [0.25, 0.3) is 0 Å². The zero-order valence-corrected chi connectivity index (χ0v) is 12.9. The number of hydrogen-bond acceptors (Lipinski definition) is 3. The number of nitrogens with zero attached hydrogens (tertiary/aromatic N) is 4. The van der Waals surface area contributed by atoms with Crippen LogP contribution >= 0.6 is 0 Å². The third-order valence-corrected chi connectivity index (χ3v) is 6.76. The van der Waals surface area contributed by atoms with Crippen molar-refractivity contribution in [2.24, 2.45) is 11.3 Å². The highest BCUT2D eigenvalue weighted by Crippen LogP contribution is 2.70. The van der Waals surface area contributed by atoms with Gasteiger partial charge in [-0.05, 0) is 44.4 Å². The quantitative estimate of drug-likeness (QED) is 0.842. The summed E-state index contributed by atoms with van der Waals surface area (Å²) in [4.78, 5) is 13.0. The molecule has 1 aromatic rings. The van der Waals surface area contributed by atoms with Crippen LogP contribution in [0.3, 0.4) is 0 Å². The summed E-state index contributed by atoms with van der Waals surface area (Å²) in [5, 5.41) is 13.9. The number of aromatic nitrogens is 3. The van der Waals surface area contributed by atoms with E-state index in [1.165, 1.54) is 32.1 Å². The first-order valence-corrected chi connectivity index (χ1v) is 8.79. The maximum atomic E-state index is 13.0. The summed E-state index contributed by atoms with van der Waals surface area (Å²) >= 11 is 0. The molecule has 0 aromatic carbocycles. The zero-order chi connectivity index (χ0) is 14.9. The Kier molecular flexibility index (Phi) is 2.37. The van der Waals surface area contributed by atoms with Gasteiger partial charge in [-0.1, -0.05) is 19.3 Å². The molecule has 5 aliphatic rings. The average molecular weight is 298 g/mol. The van der Waals surface area contributed by atoms with E-state index < -0.39 is 0 Å².